The van der Waals surface area contributed by atoms with E-state index in [1.54, 1.807) is 23.0 Å². The molecule has 36 heavy (non-hydrogen) atoms. The van der Waals surface area contributed by atoms with Crippen LogP contribution in [0.25, 0.3) is 29.0 Å². The van der Waals surface area contributed by atoms with Gasteiger partial charge in [0.05, 0.1) is 11.9 Å². The lowest BCUT2D eigenvalue weighted by molar-refractivity contribution is 0.0915. The standard InChI is InChI=1S/C29H35FN6/c1-6-8-21(17-36-23-9-10-24(36)14-23)32-22-11-18(3)28(26(30)13-22)19(4)12-25-27(7-2)33-34-29(25)20-15-31-35(5)16-20/h7-8,11-13,15-16,23-24,32H,2,6,9-10,14,17H2,1,3-5H3,(H,33,34)/b19-12+,21-8?. The molecule has 1 aliphatic carbocycles. The molecular weight excluding hydrogens is 451 g/mol. The molecule has 0 radical (unpaired) electrons. The fraction of sp³-hybridized carbons (Fsp3) is 0.379. The van der Waals surface area contributed by atoms with Crippen molar-refractivity contribution in [2.75, 3.05) is 11.9 Å². The summed E-state index contributed by atoms with van der Waals surface area (Å²) >= 11 is 0. The highest BCUT2D eigenvalue weighted by molar-refractivity contribution is 5.89. The molecule has 2 aliphatic heterocycles. The van der Waals surface area contributed by atoms with Crippen molar-refractivity contribution in [2.45, 2.75) is 58.5 Å². The van der Waals surface area contributed by atoms with Gasteiger partial charge in [-0.25, -0.2) is 4.39 Å². The summed E-state index contributed by atoms with van der Waals surface area (Å²) in [4.78, 5) is 2.58. The molecule has 6 rings (SSSR count). The maximum atomic E-state index is 15.5. The zero-order valence-corrected chi connectivity index (χ0v) is 21.6. The molecule has 2 N–H and O–H groups in total. The largest absolute Gasteiger partial charge is 0.358 e. The van der Waals surface area contributed by atoms with E-state index in [2.05, 4.69) is 45.1 Å². The first kappa shape index (κ1) is 24.3. The molecule has 2 saturated heterocycles. The molecule has 2 bridgehead atoms. The second-order valence-electron chi connectivity index (χ2n) is 10.0. The van der Waals surface area contributed by atoms with Crippen LogP contribution in [0.1, 0.15) is 61.9 Å². The van der Waals surface area contributed by atoms with Gasteiger partial charge in [0.25, 0.3) is 0 Å². The molecule has 2 aromatic heterocycles. The highest BCUT2D eigenvalue weighted by atomic mass is 19.1. The van der Waals surface area contributed by atoms with Gasteiger partial charge in [-0.3, -0.25) is 14.7 Å². The van der Waals surface area contributed by atoms with Crippen LogP contribution in [0.5, 0.6) is 0 Å². The molecule has 6 nitrogen and oxygen atoms in total. The lowest BCUT2D eigenvalue weighted by Gasteiger charge is -2.41. The lowest BCUT2D eigenvalue weighted by atomic mass is 9.97. The lowest BCUT2D eigenvalue weighted by Crippen LogP contribution is -2.49. The Kier molecular flexibility index (Phi) is 6.67. The van der Waals surface area contributed by atoms with E-state index in [0.29, 0.717) is 5.56 Å². The van der Waals surface area contributed by atoms with Crippen molar-refractivity contribution in [3.8, 4) is 11.3 Å². The zero-order valence-electron chi connectivity index (χ0n) is 21.6. The van der Waals surface area contributed by atoms with E-state index in [9.17, 15) is 0 Å². The smallest absolute Gasteiger partial charge is 0.133 e. The summed E-state index contributed by atoms with van der Waals surface area (Å²) in [5, 5.41) is 15.3. The Bertz CT molecular complexity index is 1310. The minimum Gasteiger partial charge on any atom is -0.358 e. The van der Waals surface area contributed by atoms with Gasteiger partial charge >= 0.3 is 0 Å². The molecule has 2 unspecified atom stereocenters. The van der Waals surface area contributed by atoms with Crippen molar-refractivity contribution in [1.29, 1.82) is 0 Å². The van der Waals surface area contributed by atoms with Crippen LogP contribution in [-0.4, -0.2) is 43.5 Å². The summed E-state index contributed by atoms with van der Waals surface area (Å²) in [7, 11) is 1.87. The van der Waals surface area contributed by atoms with Crippen molar-refractivity contribution in [3.63, 3.8) is 0 Å². The predicted molar refractivity (Wildman–Crippen MR) is 146 cm³/mol. The topological polar surface area (TPSA) is 61.8 Å². The van der Waals surface area contributed by atoms with Crippen molar-refractivity contribution < 1.29 is 4.39 Å². The van der Waals surface area contributed by atoms with Crippen LogP contribution in [0.2, 0.25) is 0 Å². The number of rotatable bonds is 9. The van der Waals surface area contributed by atoms with Gasteiger partial charge < -0.3 is 5.32 Å². The normalized spacial score (nSPS) is 20.0. The summed E-state index contributed by atoms with van der Waals surface area (Å²) in [5.41, 5.74) is 7.59. The third-order valence-corrected chi connectivity index (χ3v) is 7.48. The Hall–Kier alpha value is -3.45. The molecule has 4 heterocycles. The number of aryl methyl sites for hydroxylation is 2. The minimum atomic E-state index is -0.238. The monoisotopic (exact) mass is 486 g/mol. The van der Waals surface area contributed by atoms with Gasteiger partial charge in [-0.05, 0) is 75.0 Å². The highest BCUT2D eigenvalue weighted by Crippen LogP contribution is 2.40. The summed E-state index contributed by atoms with van der Waals surface area (Å²) in [6, 6.07) is 5.10. The van der Waals surface area contributed by atoms with E-state index in [-0.39, 0.29) is 5.82 Å². The van der Waals surface area contributed by atoms with Crippen molar-refractivity contribution >= 4 is 23.4 Å². The zero-order chi connectivity index (χ0) is 25.4. The van der Waals surface area contributed by atoms with Gasteiger partial charge in [0.15, 0.2) is 0 Å². The Morgan fingerprint density at radius 3 is 2.69 bits per heavy atom. The number of nitrogens with zero attached hydrogens (tertiary/aromatic N) is 4. The Morgan fingerprint density at radius 2 is 2.08 bits per heavy atom. The number of benzene rings is 1. The first-order valence-electron chi connectivity index (χ1n) is 12.8. The summed E-state index contributed by atoms with van der Waals surface area (Å²) < 4.78 is 17.3. The molecule has 3 fully saturated rings. The Labute approximate surface area is 212 Å². The van der Waals surface area contributed by atoms with E-state index < -0.39 is 0 Å². The van der Waals surface area contributed by atoms with Crippen LogP contribution in [0.3, 0.4) is 0 Å². The molecular formula is C29H35FN6. The van der Waals surface area contributed by atoms with Gasteiger partial charge in [-0.2, -0.15) is 10.2 Å². The summed E-state index contributed by atoms with van der Waals surface area (Å²) in [5.74, 6) is -0.238. The molecule has 188 valence electrons. The van der Waals surface area contributed by atoms with E-state index in [1.807, 2.05) is 39.2 Å². The first-order chi connectivity index (χ1) is 17.4. The summed E-state index contributed by atoms with van der Waals surface area (Å²) in [6.45, 7) is 10.9. The van der Waals surface area contributed by atoms with Crippen molar-refractivity contribution in [2.24, 2.45) is 7.05 Å². The van der Waals surface area contributed by atoms with Crippen LogP contribution in [0, 0.1) is 12.7 Å². The van der Waals surface area contributed by atoms with Gasteiger partial charge in [0, 0.05) is 59.9 Å². The number of anilines is 1. The highest BCUT2D eigenvalue weighted by Gasteiger charge is 2.44. The van der Waals surface area contributed by atoms with Gasteiger partial charge in [0.2, 0.25) is 0 Å². The number of fused-ring (bicyclic) bond motifs is 1. The van der Waals surface area contributed by atoms with E-state index in [4.69, 9.17) is 0 Å². The van der Waals surface area contributed by atoms with Crippen LogP contribution >= 0.6 is 0 Å². The Morgan fingerprint density at radius 1 is 1.31 bits per heavy atom. The van der Waals surface area contributed by atoms with Crippen LogP contribution < -0.4 is 5.32 Å². The average molecular weight is 487 g/mol. The Balaban J connectivity index is 1.41. The van der Waals surface area contributed by atoms with Gasteiger partial charge in [-0.15, -0.1) is 0 Å². The van der Waals surface area contributed by atoms with E-state index >= 15 is 4.39 Å². The molecule has 2 atom stereocenters. The van der Waals surface area contributed by atoms with E-state index in [0.717, 1.165) is 70.1 Å². The number of aromatic amines is 1. The third-order valence-electron chi connectivity index (χ3n) is 7.48. The molecule has 1 aromatic carbocycles. The molecule has 7 heteroatoms. The molecule has 0 amide bonds. The molecule has 1 saturated carbocycles. The van der Waals surface area contributed by atoms with Gasteiger partial charge in [0.1, 0.15) is 11.5 Å². The third kappa shape index (κ3) is 4.55. The second kappa shape index (κ2) is 9.90. The number of hydrogen-bond donors (Lipinski definition) is 2. The van der Waals surface area contributed by atoms with Crippen LogP contribution in [0.15, 0.2) is 42.9 Å². The number of hydrogen-bond acceptors (Lipinski definition) is 4. The molecule has 3 aromatic rings. The molecule has 3 aliphatic rings. The van der Waals surface area contributed by atoms with Crippen molar-refractivity contribution in [3.05, 3.63) is 71.1 Å². The average Bonchev–Trinajstić information content (AvgIpc) is 3.61. The minimum absolute atomic E-state index is 0.238. The maximum Gasteiger partial charge on any atom is 0.133 e. The number of allylic oxidation sites excluding steroid dienone is 2. The fourth-order valence-electron chi connectivity index (χ4n) is 5.77. The SMILES string of the molecule is C=Cc1[nH]nc(-c2cnn(C)c2)c1/C=C(\C)c1c(C)cc(NC(=CCC)CN2C3CCC2C3)cc1F. The first-order valence-corrected chi connectivity index (χ1v) is 12.8. The van der Waals surface area contributed by atoms with E-state index in [1.165, 1.54) is 19.3 Å². The predicted octanol–water partition coefficient (Wildman–Crippen LogP) is 6.40. The van der Waals surface area contributed by atoms with Gasteiger partial charge in [-0.1, -0.05) is 19.6 Å². The quantitative estimate of drug-likeness (QED) is 0.367. The fourth-order valence-corrected chi connectivity index (χ4v) is 5.77. The summed E-state index contributed by atoms with van der Waals surface area (Å²) in [6.07, 6.45) is 14.5. The number of H-pyrrole nitrogens is 1. The molecule has 0 spiro atoms. The van der Waals surface area contributed by atoms with Crippen LogP contribution in [-0.2, 0) is 7.05 Å². The number of aromatic nitrogens is 4. The maximum absolute atomic E-state index is 15.5. The second-order valence-corrected chi connectivity index (χ2v) is 10.0. The number of halogens is 1. The van der Waals surface area contributed by atoms with Crippen molar-refractivity contribution in [1.82, 2.24) is 24.9 Å². The number of nitrogens with one attached hydrogen (secondary N) is 2. The van der Waals surface area contributed by atoms with Crippen LogP contribution in [0.4, 0.5) is 10.1 Å².